The van der Waals surface area contributed by atoms with Crippen molar-refractivity contribution in [2.75, 3.05) is 0 Å². The van der Waals surface area contributed by atoms with E-state index in [4.69, 9.17) is 0 Å². The van der Waals surface area contributed by atoms with E-state index < -0.39 is 5.97 Å². The monoisotopic (exact) mass is 254 g/mol. The fourth-order valence-corrected chi connectivity index (χ4v) is 3.41. The molecule has 19 heavy (non-hydrogen) atoms. The molecule has 2 nitrogen and oxygen atoms in total. The van der Waals surface area contributed by atoms with E-state index in [0.717, 1.165) is 18.4 Å². The summed E-state index contributed by atoms with van der Waals surface area (Å²) in [6.07, 6.45) is 6.21. The van der Waals surface area contributed by atoms with Gasteiger partial charge in [0.2, 0.25) is 0 Å². The van der Waals surface area contributed by atoms with Crippen molar-refractivity contribution >= 4 is 5.97 Å². The Balaban J connectivity index is 1.94. The Morgan fingerprint density at radius 1 is 1.16 bits per heavy atom. The highest BCUT2D eigenvalue weighted by Gasteiger charge is 2.35. The van der Waals surface area contributed by atoms with Crippen LogP contribution >= 0.6 is 0 Å². The van der Waals surface area contributed by atoms with E-state index >= 15 is 0 Å². The molecule has 0 saturated carbocycles. The maximum Gasteiger partial charge on any atom is 0.335 e. The predicted octanol–water partition coefficient (Wildman–Crippen LogP) is 3.77. The summed E-state index contributed by atoms with van der Waals surface area (Å²) < 4.78 is 0. The quantitative estimate of drug-likeness (QED) is 0.872. The Kier molecular flexibility index (Phi) is 3.02. The van der Waals surface area contributed by atoms with Gasteiger partial charge in [0.25, 0.3) is 0 Å². The summed E-state index contributed by atoms with van der Waals surface area (Å²) in [6.45, 7) is 2.11. The first kappa shape index (κ1) is 12.2. The molecular weight excluding hydrogens is 236 g/mol. The molecule has 0 spiro atoms. The summed E-state index contributed by atoms with van der Waals surface area (Å²) in [4.78, 5) is 11.4. The first-order chi connectivity index (χ1) is 9.15. The first-order valence-electron chi connectivity index (χ1n) is 6.87. The number of hydrogen-bond donors (Lipinski definition) is 1. The van der Waals surface area contributed by atoms with Gasteiger partial charge in [-0.3, -0.25) is 0 Å². The molecule has 3 atom stereocenters. The third kappa shape index (κ3) is 2.23. The number of carboxylic acids is 1. The molecule has 3 unspecified atom stereocenters. The van der Waals surface area contributed by atoms with Gasteiger partial charge in [0.1, 0.15) is 0 Å². The fourth-order valence-electron chi connectivity index (χ4n) is 3.41. The van der Waals surface area contributed by atoms with Crippen LogP contribution in [-0.4, -0.2) is 11.1 Å². The highest BCUT2D eigenvalue weighted by Crippen LogP contribution is 2.46. The van der Waals surface area contributed by atoms with Crippen molar-refractivity contribution in [1.29, 1.82) is 0 Å². The van der Waals surface area contributed by atoms with Gasteiger partial charge in [-0.05, 0) is 35.8 Å². The molecule has 98 valence electrons. The number of carbonyl (C=O) groups is 1. The first-order valence-corrected chi connectivity index (χ1v) is 6.87. The Morgan fingerprint density at radius 2 is 1.89 bits per heavy atom. The van der Waals surface area contributed by atoms with Crippen LogP contribution in [0.5, 0.6) is 0 Å². The average molecular weight is 254 g/mol. The lowest BCUT2D eigenvalue weighted by atomic mass is 9.80. The zero-order valence-corrected chi connectivity index (χ0v) is 11.0. The smallest absolute Gasteiger partial charge is 0.335 e. The van der Waals surface area contributed by atoms with Crippen LogP contribution in [0.4, 0.5) is 0 Å². The summed E-state index contributed by atoms with van der Waals surface area (Å²) in [5, 5.41) is 9.35. The molecule has 0 bridgehead atoms. The van der Waals surface area contributed by atoms with Gasteiger partial charge >= 0.3 is 5.97 Å². The summed E-state index contributed by atoms with van der Waals surface area (Å²) in [5.74, 6) is 0.366. The van der Waals surface area contributed by atoms with Gasteiger partial charge in [0, 0.05) is 5.92 Å². The molecule has 0 heterocycles. The number of allylic oxidation sites excluding steroid dienone is 2. The number of hydrogen-bond acceptors (Lipinski definition) is 1. The van der Waals surface area contributed by atoms with Crippen LogP contribution in [0.25, 0.3) is 0 Å². The van der Waals surface area contributed by atoms with Gasteiger partial charge in [-0.15, -0.1) is 0 Å². The van der Waals surface area contributed by atoms with Crippen molar-refractivity contribution in [3.05, 3.63) is 59.2 Å². The average Bonchev–Trinajstić information content (AvgIpc) is 2.82. The summed E-state index contributed by atoms with van der Waals surface area (Å²) in [7, 11) is 0. The van der Waals surface area contributed by atoms with E-state index in [9.17, 15) is 9.90 Å². The number of fused-ring (bicyclic) bond motifs is 1. The Labute approximate surface area is 113 Å². The van der Waals surface area contributed by atoms with Crippen molar-refractivity contribution in [1.82, 2.24) is 0 Å². The van der Waals surface area contributed by atoms with Crippen LogP contribution in [0.2, 0.25) is 0 Å². The second-order valence-corrected chi connectivity index (χ2v) is 5.67. The van der Waals surface area contributed by atoms with Gasteiger partial charge in [0.15, 0.2) is 0 Å². The zero-order valence-electron chi connectivity index (χ0n) is 11.0. The van der Waals surface area contributed by atoms with Crippen LogP contribution in [-0.2, 0) is 4.79 Å². The minimum absolute atomic E-state index is 0.364. The molecule has 0 radical (unpaired) electrons. The maximum atomic E-state index is 11.4. The molecule has 2 aliphatic carbocycles. The van der Waals surface area contributed by atoms with Crippen molar-refractivity contribution in [3.8, 4) is 0 Å². The van der Waals surface area contributed by atoms with E-state index in [0.29, 0.717) is 23.3 Å². The second-order valence-electron chi connectivity index (χ2n) is 5.67. The lowest BCUT2D eigenvalue weighted by Gasteiger charge is -2.24. The predicted molar refractivity (Wildman–Crippen MR) is 74.9 cm³/mol. The third-order valence-electron chi connectivity index (χ3n) is 4.24. The van der Waals surface area contributed by atoms with Crippen molar-refractivity contribution < 1.29 is 9.90 Å². The van der Waals surface area contributed by atoms with Crippen LogP contribution in [0.3, 0.4) is 0 Å². The number of carboxylic acid groups (broad SMARTS) is 1. The normalized spacial score (nSPS) is 29.4. The van der Waals surface area contributed by atoms with Crippen LogP contribution in [0.1, 0.15) is 31.2 Å². The lowest BCUT2D eigenvalue weighted by molar-refractivity contribution is -0.132. The summed E-state index contributed by atoms with van der Waals surface area (Å²) >= 11 is 0. The molecule has 1 N–H and O–H groups in total. The fraction of sp³-hybridized carbons (Fsp3) is 0.353. The number of benzene rings is 1. The van der Waals surface area contributed by atoms with Gasteiger partial charge in [0.05, 0.1) is 5.57 Å². The van der Waals surface area contributed by atoms with E-state index in [2.05, 4.69) is 25.1 Å². The highest BCUT2D eigenvalue weighted by molar-refractivity contribution is 5.92. The molecule has 0 aliphatic heterocycles. The van der Waals surface area contributed by atoms with Gasteiger partial charge in [-0.25, -0.2) is 4.79 Å². The number of rotatable bonds is 2. The molecule has 2 heteroatoms. The summed E-state index contributed by atoms with van der Waals surface area (Å²) in [6, 6.07) is 10.4. The minimum Gasteiger partial charge on any atom is -0.478 e. The van der Waals surface area contributed by atoms with E-state index in [1.807, 2.05) is 24.3 Å². The van der Waals surface area contributed by atoms with E-state index in [1.54, 1.807) is 0 Å². The third-order valence-corrected chi connectivity index (χ3v) is 4.24. The standard InChI is InChI=1S/C17H18O2/c1-11-7-14-9-13(12-5-3-2-4-6-12)10-15(14)16(8-11)17(18)19/h2-6,8,10-11,13-14H,7,9H2,1H3,(H,18,19). The van der Waals surface area contributed by atoms with Gasteiger partial charge < -0.3 is 5.11 Å². The van der Waals surface area contributed by atoms with Crippen LogP contribution < -0.4 is 0 Å². The van der Waals surface area contributed by atoms with Crippen molar-refractivity contribution in [2.45, 2.75) is 25.7 Å². The van der Waals surface area contributed by atoms with Crippen LogP contribution in [0.15, 0.2) is 53.6 Å². The molecule has 0 amide bonds. The lowest BCUT2D eigenvalue weighted by Crippen LogP contribution is -2.17. The largest absolute Gasteiger partial charge is 0.478 e. The SMILES string of the molecule is CC1C=C(C(=O)O)C2=CC(c3ccccc3)CC2C1. The molecule has 2 aliphatic rings. The molecule has 1 aromatic rings. The van der Waals surface area contributed by atoms with Crippen LogP contribution in [0, 0.1) is 11.8 Å². The summed E-state index contributed by atoms with van der Waals surface area (Å²) in [5.41, 5.74) is 2.88. The highest BCUT2D eigenvalue weighted by atomic mass is 16.4. The molecule has 0 fully saturated rings. The van der Waals surface area contributed by atoms with Gasteiger partial charge in [-0.1, -0.05) is 49.4 Å². The Morgan fingerprint density at radius 3 is 2.58 bits per heavy atom. The molecule has 3 rings (SSSR count). The molecule has 1 aromatic carbocycles. The topological polar surface area (TPSA) is 37.3 Å². The Bertz CT molecular complexity index is 554. The van der Waals surface area contributed by atoms with E-state index in [-0.39, 0.29) is 0 Å². The maximum absolute atomic E-state index is 11.4. The minimum atomic E-state index is -0.781. The number of aliphatic carboxylic acids is 1. The Hall–Kier alpha value is -1.83. The second kappa shape index (κ2) is 4.69. The van der Waals surface area contributed by atoms with Crippen molar-refractivity contribution in [2.24, 2.45) is 11.8 Å². The van der Waals surface area contributed by atoms with E-state index in [1.165, 1.54) is 5.56 Å². The van der Waals surface area contributed by atoms with Crippen molar-refractivity contribution in [3.63, 3.8) is 0 Å². The molecule has 0 saturated heterocycles. The molecule has 0 aromatic heterocycles. The molecular formula is C17H18O2. The van der Waals surface area contributed by atoms with Gasteiger partial charge in [-0.2, -0.15) is 0 Å². The zero-order chi connectivity index (χ0) is 13.4.